The number of carbonyl (C=O) groups is 3. The van der Waals surface area contributed by atoms with Gasteiger partial charge in [-0.3, -0.25) is 4.79 Å². The summed E-state index contributed by atoms with van der Waals surface area (Å²) in [5.74, 6) is 4.06. The maximum Gasteiger partial charge on any atom is 0.405 e. The minimum Gasteiger partial charge on any atom is -0.465 e. The van der Waals surface area contributed by atoms with Gasteiger partial charge in [0.2, 0.25) is 0 Å². The molecular weight excluding hydrogens is 544 g/mol. The van der Waals surface area contributed by atoms with Crippen molar-refractivity contribution in [2.75, 3.05) is 0 Å². The molecule has 1 amide bonds. The van der Waals surface area contributed by atoms with Gasteiger partial charge in [0.25, 0.3) is 0 Å². The Balaban J connectivity index is 0.000000173. The van der Waals surface area contributed by atoms with Crippen molar-refractivity contribution in [2.45, 2.75) is 166 Å². The molecule has 0 aliphatic heterocycles. The van der Waals surface area contributed by atoms with Crippen molar-refractivity contribution in [2.24, 2.45) is 41.2 Å². The van der Waals surface area contributed by atoms with E-state index in [1.54, 1.807) is 0 Å². The van der Waals surface area contributed by atoms with E-state index in [9.17, 15) is 14.4 Å². The molecule has 8 aliphatic carbocycles. The zero-order valence-electron chi connectivity index (χ0n) is 26.8. The van der Waals surface area contributed by atoms with Gasteiger partial charge in [-0.1, -0.05) is 52.4 Å². The molecule has 2 atom stereocenters. The number of esters is 2. The van der Waals surface area contributed by atoms with Gasteiger partial charge < -0.3 is 25.6 Å². The molecule has 0 saturated heterocycles. The molecule has 8 nitrogen and oxygen atoms in total. The van der Waals surface area contributed by atoms with Crippen LogP contribution in [0.15, 0.2) is 0 Å². The molecule has 8 rings (SSSR count). The molecule has 8 heteroatoms. The number of hydrogen-bond acceptors (Lipinski definition) is 6. The summed E-state index contributed by atoms with van der Waals surface area (Å²) >= 11 is 0. The van der Waals surface area contributed by atoms with Gasteiger partial charge in [0.05, 0.1) is 0 Å². The van der Waals surface area contributed by atoms with Gasteiger partial charge in [-0.2, -0.15) is 0 Å². The first-order chi connectivity index (χ1) is 20.6. The Morgan fingerprint density at radius 3 is 1.42 bits per heavy atom. The van der Waals surface area contributed by atoms with Crippen LogP contribution in [0.5, 0.6) is 0 Å². The van der Waals surface area contributed by atoms with Gasteiger partial charge in [0.1, 0.15) is 23.3 Å². The number of hydrogen-bond donors (Lipinski definition) is 3. The van der Waals surface area contributed by atoms with Crippen LogP contribution in [0.2, 0.25) is 0 Å². The molecule has 0 heterocycles. The smallest absolute Gasteiger partial charge is 0.405 e. The maximum absolute atomic E-state index is 12.6. The lowest BCUT2D eigenvalue weighted by Crippen LogP contribution is -2.55. The lowest BCUT2D eigenvalue weighted by Gasteiger charge is -2.55. The third-order valence-corrected chi connectivity index (χ3v) is 11.7. The van der Waals surface area contributed by atoms with Crippen LogP contribution < -0.4 is 11.1 Å². The largest absolute Gasteiger partial charge is 0.465 e. The van der Waals surface area contributed by atoms with Crippen molar-refractivity contribution in [3.63, 3.8) is 0 Å². The highest BCUT2D eigenvalue weighted by Gasteiger charge is 2.54. The van der Waals surface area contributed by atoms with Crippen molar-refractivity contribution in [3.05, 3.63) is 0 Å². The number of ether oxygens (including phenoxy) is 2. The fraction of sp³-hybridized carbons (Fsp3) is 0.914. The monoisotopic (exact) mass is 602 g/mol. The summed E-state index contributed by atoms with van der Waals surface area (Å²) in [7, 11) is 0. The van der Waals surface area contributed by atoms with E-state index < -0.39 is 18.2 Å². The summed E-state index contributed by atoms with van der Waals surface area (Å²) in [4.78, 5) is 35.9. The van der Waals surface area contributed by atoms with E-state index in [1.807, 2.05) is 0 Å². The van der Waals surface area contributed by atoms with Gasteiger partial charge in [-0.05, 0) is 125 Å². The van der Waals surface area contributed by atoms with Crippen LogP contribution in [0.1, 0.15) is 142 Å². The molecule has 0 aromatic carbocycles. The first-order valence-corrected chi connectivity index (χ1v) is 17.8. The molecule has 8 fully saturated rings. The molecule has 8 bridgehead atoms. The zero-order valence-corrected chi connectivity index (χ0v) is 26.8. The van der Waals surface area contributed by atoms with Crippen molar-refractivity contribution in [1.29, 1.82) is 0 Å². The molecular formula is C35H58N2O6. The quantitative estimate of drug-likeness (QED) is 0.151. The fourth-order valence-electron chi connectivity index (χ4n) is 10.6. The second-order valence-corrected chi connectivity index (χ2v) is 15.6. The van der Waals surface area contributed by atoms with Gasteiger partial charge in [0.15, 0.2) is 0 Å². The number of carboxylic acid groups (broad SMARTS) is 1. The topological polar surface area (TPSA) is 128 Å². The molecule has 0 aromatic heterocycles. The van der Waals surface area contributed by atoms with Crippen LogP contribution in [0.4, 0.5) is 4.79 Å². The Hall–Kier alpha value is -1.83. The Morgan fingerprint density at radius 1 is 0.674 bits per heavy atom. The highest BCUT2D eigenvalue weighted by Crippen LogP contribution is 2.58. The van der Waals surface area contributed by atoms with Crippen LogP contribution in [-0.2, 0) is 19.1 Å². The first-order valence-electron chi connectivity index (χ1n) is 17.8. The maximum atomic E-state index is 12.6. The van der Waals surface area contributed by atoms with Gasteiger partial charge in [-0.15, -0.1) is 0 Å². The molecule has 2 unspecified atom stereocenters. The Kier molecular flexibility index (Phi) is 10.7. The minimum absolute atomic E-state index is 0.131. The van der Waals surface area contributed by atoms with Gasteiger partial charge in [0, 0.05) is 0 Å². The molecule has 0 radical (unpaired) electrons. The van der Waals surface area contributed by atoms with E-state index >= 15 is 0 Å². The van der Waals surface area contributed by atoms with Crippen LogP contribution in [0.25, 0.3) is 0 Å². The van der Waals surface area contributed by atoms with Crippen LogP contribution in [0.3, 0.4) is 0 Å². The highest BCUT2D eigenvalue weighted by atomic mass is 16.6. The van der Waals surface area contributed by atoms with Crippen LogP contribution >= 0.6 is 0 Å². The average molecular weight is 603 g/mol. The van der Waals surface area contributed by atoms with Gasteiger partial charge in [-0.25, -0.2) is 9.59 Å². The number of carbonyl (C=O) groups excluding carboxylic acids is 2. The van der Waals surface area contributed by atoms with Crippen molar-refractivity contribution < 1.29 is 29.0 Å². The number of rotatable bonds is 13. The lowest BCUT2D eigenvalue weighted by molar-refractivity contribution is -0.189. The predicted octanol–water partition coefficient (Wildman–Crippen LogP) is 7.12. The molecule has 43 heavy (non-hydrogen) atoms. The SMILES string of the molecule is CCCCCC(N)C(=O)OC12CC3CC(CC(C3)C1)C2.CCCCCC(NC(=O)O)C(=O)OC12CC3CC(CC(C3)C1)C2. The first kappa shape index (κ1) is 32.6. The molecule has 8 aliphatic rings. The summed E-state index contributed by atoms with van der Waals surface area (Å²) in [5, 5.41) is 11.4. The van der Waals surface area contributed by atoms with Crippen molar-refractivity contribution in [3.8, 4) is 0 Å². The summed E-state index contributed by atoms with van der Waals surface area (Å²) in [6, 6.07) is -1.12. The van der Waals surface area contributed by atoms with E-state index in [4.69, 9.17) is 20.3 Å². The number of nitrogens with one attached hydrogen (secondary N) is 1. The third kappa shape index (κ3) is 8.26. The summed E-state index contributed by atoms with van der Waals surface area (Å²) in [5.41, 5.74) is 5.59. The fourth-order valence-corrected chi connectivity index (χ4v) is 10.6. The number of nitrogens with two attached hydrogens (primary N) is 1. The summed E-state index contributed by atoms with van der Waals surface area (Å²) in [6.07, 6.45) is 20.7. The highest BCUT2D eigenvalue weighted by molar-refractivity contribution is 5.81. The standard InChI is InChI=1S/C18H29NO4.C17H29NO2/c1-2-3-4-5-15(19-17(21)22)16(20)23-18-9-12-6-13(10-18)8-14(7-12)11-18;1-2-3-4-5-15(18)16(19)20-17-9-12-6-13(10-17)8-14(7-12)11-17/h12-15,19H,2-11H2,1H3,(H,21,22);12-15H,2-11,18H2,1H3. The van der Waals surface area contributed by atoms with Crippen LogP contribution in [0, 0.1) is 35.5 Å². The predicted molar refractivity (Wildman–Crippen MR) is 165 cm³/mol. The van der Waals surface area contributed by atoms with E-state index in [0.717, 1.165) is 101 Å². The number of unbranched alkanes of at least 4 members (excludes halogenated alkanes) is 4. The number of amides is 1. The Labute approximate surface area is 259 Å². The van der Waals surface area contributed by atoms with Crippen molar-refractivity contribution in [1.82, 2.24) is 5.32 Å². The molecule has 8 saturated carbocycles. The summed E-state index contributed by atoms with van der Waals surface area (Å²) in [6.45, 7) is 4.26. The van der Waals surface area contributed by atoms with E-state index in [-0.39, 0.29) is 23.1 Å². The van der Waals surface area contributed by atoms with Crippen molar-refractivity contribution >= 4 is 18.0 Å². The Bertz CT molecular complexity index is 911. The molecule has 244 valence electrons. The normalized spacial score (nSPS) is 37.7. The third-order valence-electron chi connectivity index (χ3n) is 11.7. The van der Waals surface area contributed by atoms with E-state index in [2.05, 4.69) is 19.2 Å². The molecule has 0 spiro atoms. The Morgan fingerprint density at radius 2 is 1.05 bits per heavy atom. The second-order valence-electron chi connectivity index (χ2n) is 15.6. The molecule has 4 N–H and O–H groups in total. The van der Waals surface area contributed by atoms with E-state index in [1.165, 1.54) is 38.5 Å². The van der Waals surface area contributed by atoms with E-state index in [0.29, 0.717) is 24.2 Å². The van der Waals surface area contributed by atoms with Crippen LogP contribution in [-0.4, -0.2) is 46.4 Å². The second kappa shape index (κ2) is 14.1. The summed E-state index contributed by atoms with van der Waals surface area (Å²) < 4.78 is 12.0. The van der Waals surface area contributed by atoms with Gasteiger partial charge >= 0.3 is 18.0 Å². The lowest BCUT2D eigenvalue weighted by atomic mass is 9.54. The minimum atomic E-state index is -1.14. The zero-order chi connectivity index (χ0) is 30.6. The average Bonchev–Trinajstić information content (AvgIpc) is 2.91. The molecule has 0 aromatic rings.